The van der Waals surface area contributed by atoms with Crippen LogP contribution in [0, 0.1) is 5.92 Å². The van der Waals surface area contributed by atoms with Crippen molar-refractivity contribution in [3.05, 3.63) is 29.8 Å². The summed E-state index contributed by atoms with van der Waals surface area (Å²) >= 11 is 0. The average Bonchev–Trinajstić information content (AvgIpc) is 2.37. The van der Waals surface area contributed by atoms with Gasteiger partial charge in [0.2, 0.25) is 0 Å². The SMILES string of the molecule is CC(N)c1ccccc1OCC1CCCN(C)C1. The van der Waals surface area contributed by atoms with E-state index >= 15 is 0 Å². The number of hydrogen-bond acceptors (Lipinski definition) is 3. The highest BCUT2D eigenvalue weighted by Crippen LogP contribution is 2.24. The molecular formula is C15H24N2O. The maximum absolute atomic E-state index is 5.98. The number of piperidine rings is 1. The summed E-state index contributed by atoms with van der Waals surface area (Å²) in [5, 5.41) is 0. The minimum Gasteiger partial charge on any atom is -0.493 e. The summed E-state index contributed by atoms with van der Waals surface area (Å²) < 4.78 is 5.98. The number of likely N-dealkylation sites (tertiary alicyclic amines) is 1. The van der Waals surface area contributed by atoms with Crippen LogP contribution in [0.4, 0.5) is 0 Å². The van der Waals surface area contributed by atoms with Crippen molar-refractivity contribution in [3.63, 3.8) is 0 Å². The monoisotopic (exact) mass is 248 g/mol. The number of rotatable bonds is 4. The molecule has 0 spiro atoms. The molecule has 1 aromatic carbocycles. The van der Waals surface area contributed by atoms with Crippen molar-refractivity contribution >= 4 is 0 Å². The second-order valence-electron chi connectivity index (χ2n) is 5.41. The summed E-state index contributed by atoms with van der Waals surface area (Å²) in [7, 11) is 2.18. The van der Waals surface area contributed by atoms with E-state index in [4.69, 9.17) is 10.5 Å². The Morgan fingerprint density at radius 2 is 2.22 bits per heavy atom. The Hall–Kier alpha value is -1.06. The maximum atomic E-state index is 5.98. The van der Waals surface area contributed by atoms with Crippen molar-refractivity contribution in [2.24, 2.45) is 11.7 Å². The van der Waals surface area contributed by atoms with Crippen molar-refractivity contribution in [3.8, 4) is 5.75 Å². The lowest BCUT2D eigenvalue weighted by molar-refractivity contribution is 0.149. The quantitative estimate of drug-likeness (QED) is 0.889. The minimum absolute atomic E-state index is 0.0234. The highest BCUT2D eigenvalue weighted by atomic mass is 16.5. The highest BCUT2D eigenvalue weighted by molar-refractivity contribution is 5.35. The van der Waals surface area contributed by atoms with Gasteiger partial charge in [-0.05, 0) is 39.4 Å². The standard InChI is InChI=1S/C15H24N2O/c1-12(16)14-7-3-4-8-15(14)18-11-13-6-5-9-17(2)10-13/h3-4,7-8,12-13H,5-6,9-11,16H2,1-2H3. The summed E-state index contributed by atoms with van der Waals surface area (Å²) in [6, 6.07) is 8.11. The zero-order chi connectivity index (χ0) is 13.0. The molecule has 2 rings (SSSR count). The molecule has 3 nitrogen and oxygen atoms in total. The molecule has 0 aliphatic carbocycles. The molecule has 0 aromatic heterocycles. The first-order chi connectivity index (χ1) is 8.66. The molecule has 1 fully saturated rings. The first-order valence-electron chi connectivity index (χ1n) is 6.82. The molecule has 0 amide bonds. The third kappa shape index (κ3) is 3.47. The summed E-state index contributed by atoms with van der Waals surface area (Å²) in [6.45, 7) is 5.15. The van der Waals surface area contributed by atoms with Crippen LogP contribution in [-0.4, -0.2) is 31.6 Å². The molecule has 100 valence electrons. The molecule has 18 heavy (non-hydrogen) atoms. The fraction of sp³-hybridized carbons (Fsp3) is 0.600. The molecule has 3 heteroatoms. The van der Waals surface area contributed by atoms with Crippen molar-refractivity contribution < 1.29 is 4.74 Å². The third-order valence-corrected chi connectivity index (χ3v) is 3.61. The molecule has 2 N–H and O–H groups in total. The van der Waals surface area contributed by atoms with Crippen LogP contribution in [0.5, 0.6) is 5.75 Å². The van der Waals surface area contributed by atoms with E-state index in [9.17, 15) is 0 Å². The van der Waals surface area contributed by atoms with Gasteiger partial charge in [0.25, 0.3) is 0 Å². The van der Waals surface area contributed by atoms with Crippen LogP contribution in [-0.2, 0) is 0 Å². The summed E-state index contributed by atoms with van der Waals surface area (Å²) in [4.78, 5) is 2.38. The summed E-state index contributed by atoms with van der Waals surface area (Å²) in [5.41, 5.74) is 7.06. The second kappa shape index (κ2) is 6.21. The van der Waals surface area contributed by atoms with Crippen LogP contribution in [0.15, 0.2) is 24.3 Å². The number of ether oxygens (including phenoxy) is 1. The normalized spacial score (nSPS) is 22.7. The number of nitrogens with zero attached hydrogens (tertiary/aromatic N) is 1. The zero-order valence-corrected chi connectivity index (χ0v) is 11.4. The van der Waals surface area contributed by atoms with Gasteiger partial charge in [-0.3, -0.25) is 0 Å². The van der Waals surface area contributed by atoms with E-state index in [1.165, 1.54) is 19.4 Å². The van der Waals surface area contributed by atoms with Crippen LogP contribution in [0.1, 0.15) is 31.4 Å². The van der Waals surface area contributed by atoms with E-state index in [0.717, 1.165) is 24.5 Å². The summed E-state index contributed by atoms with van der Waals surface area (Å²) in [6.07, 6.45) is 2.55. The van der Waals surface area contributed by atoms with Crippen molar-refractivity contribution in [1.29, 1.82) is 0 Å². The van der Waals surface area contributed by atoms with Gasteiger partial charge >= 0.3 is 0 Å². The van der Waals surface area contributed by atoms with Gasteiger partial charge in [0.05, 0.1) is 6.61 Å². The minimum atomic E-state index is 0.0234. The largest absolute Gasteiger partial charge is 0.493 e. The predicted molar refractivity (Wildman–Crippen MR) is 74.8 cm³/mol. The number of benzene rings is 1. The van der Waals surface area contributed by atoms with E-state index in [-0.39, 0.29) is 6.04 Å². The molecule has 0 radical (unpaired) electrons. The van der Waals surface area contributed by atoms with E-state index in [0.29, 0.717) is 5.92 Å². The van der Waals surface area contributed by atoms with Crippen LogP contribution in [0.3, 0.4) is 0 Å². The molecule has 2 atom stereocenters. The molecule has 1 heterocycles. The molecular weight excluding hydrogens is 224 g/mol. The molecule has 1 aromatic rings. The van der Waals surface area contributed by atoms with Crippen molar-refractivity contribution in [1.82, 2.24) is 4.90 Å². The lowest BCUT2D eigenvalue weighted by Gasteiger charge is -2.29. The zero-order valence-electron chi connectivity index (χ0n) is 11.4. The topological polar surface area (TPSA) is 38.5 Å². The van der Waals surface area contributed by atoms with E-state index in [1.807, 2.05) is 31.2 Å². The molecule has 1 aliphatic rings. The van der Waals surface area contributed by atoms with Crippen LogP contribution >= 0.6 is 0 Å². The van der Waals surface area contributed by atoms with Crippen molar-refractivity contribution in [2.45, 2.75) is 25.8 Å². The fourth-order valence-corrected chi connectivity index (χ4v) is 2.61. The Balaban J connectivity index is 1.93. The van der Waals surface area contributed by atoms with Crippen LogP contribution in [0.2, 0.25) is 0 Å². The van der Waals surface area contributed by atoms with E-state index in [1.54, 1.807) is 0 Å². The predicted octanol–water partition coefficient (Wildman–Crippen LogP) is 2.43. The van der Waals surface area contributed by atoms with E-state index in [2.05, 4.69) is 11.9 Å². The molecule has 1 aliphatic heterocycles. The van der Waals surface area contributed by atoms with Gasteiger partial charge in [0.1, 0.15) is 5.75 Å². The van der Waals surface area contributed by atoms with Gasteiger partial charge in [-0.25, -0.2) is 0 Å². The third-order valence-electron chi connectivity index (χ3n) is 3.61. The van der Waals surface area contributed by atoms with Gasteiger partial charge in [0, 0.05) is 24.1 Å². The Bertz CT molecular complexity index is 379. The van der Waals surface area contributed by atoms with Gasteiger partial charge < -0.3 is 15.4 Å². The molecule has 1 saturated heterocycles. The average molecular weight is 248 g/mol. The van der Waals surface area contributed by atoms with Crippen LogP contribution in [0.25, 0.3) is 0 Å². The Kier molecular flexibility index (Phi) is 4.61. The first kappa shape index (κ1) is 13.4. The Morgan fingerprint density at radius 1 is 1.44 bits per heavy atom. The lowest BCUT2D eigenvalue weighted by Crippen LogP contribution is -2.34. The number of para-hydroxylation sites is 1. The molecule has 2 unspecified atom stereocenters. The summed E-state index contributed by atoms with van der Waals surface area (Å²) in [5.74, 6) is 1.59. The molecule has 0 bridgehead atoms. The van der Waals surface area contributed by atoms with Gasteiger partial charge in [-0.1, -0.05) is 18.2 Å². The maximum Gasteiger partial charge on any atom is 0.124 e. The van der Waals surface area contributed by atoms with Crippen LogP contribution < -0.4 is 10.5 Å². The highest BCUT2D eigenvalue weighted by Gasteiger charge is 2.18. The van der Waals surface area contributed by atoms with Gasteiger partial charge in [-0.2, -0.15) is 0 Å². The van der Waals surface area contributed by atoms with Gasteiger partial charge in [0.15, 0.2) is 0 Å². The lowest BCUT2D eigenvalue weighted by atomic mass is 9.99. The first-order valence-corrected chi connectivity index (χ1v) is 6.82. The Morgan fingerprint density at radius 3 is 2.94 bits per heavy atom. The van der Waals surface area contributed by atoms with Gasteiger partial charge in [-0.15, -0.1) is 0 Å². The fourth-order valence-electron chi connectivity index (χ4n) is 2.61. The molecule has 0 saturated carbocycles. The van der Waals surface area contributed by atoms with E-state index < -0.39 is 0 Å². The number of nitrogens with two attached hydrogens (primary N) is 1. The number of hydrogen-bond donors (Lipinski definition) is 1. The van der Waals surface area contributed by atoms with Crippen molar-refractivity contribution in [2.75, 3.05) is 26.7 Å². The second-order valence-corrected chi connectivity index (χ2v) is 5.41. The Labute approximate surface area is 110 Å². The smallest absolute Gasteiger partial charge is 0.124 e.